The van der Waals surface area contributed by atoms with Crippen molar-refractivity contribution in [2.75, 3.05) is 20.7 Å². The van der Waals surface area contributed by atoms with Gasteiger partial charge in [0.05, 0.1) is 23.6 Å². The Labute approximate surface area is 193 Å². The van der Waals surface area contributed by atoms with Crippen LogP contribution in [-0.4, -0.2) is 36.7 Å². The first-order chi connectivity index (χ1) is 16.1. The van der Waals surface area contributed by atoms with Gasteiger partial charge >= 0.3 is 12.1 Å². The zero-order chi connectivity index (χ0) is 25.0. The van der Waals surface area contributed by atoms with Crippen molar-refractivity contribution in [3.8, 4) is 17.2 Å². The molecule has 34 heavy (non-hydrogen) atoms. The van der Waals surface area contributed by atoms with Crippen LogP contribution < -0.4 is 10.2 Å². The average molecular weight is 479 g/mol. The first-order valence-corrected chi connectivity index (χ1v) is 10.5. The summed E-state index contributed by atoms with van der Waals surface area (Å²) >= 11 is 0. The number of phenols is 1. The van der Waals surface area contributed by atoms with Crippen LogP contribution >= 0.6 is 0 Å². The molecule has 0 spiro atoms. The zero-order valence-electron chi connectivity index (χ0n) is 18.9. The van der Waals surface area contributed by atoms with E-state index in [1.165, 1.54) is 43.5 Å². The fourth-order valence-electron chi connectivity index (χ4n) is 3.39. The summed E-state index contributed by atoms with van der Waals surface area (Å²) in [6, 6.07) is 7.49. The van der Waals surface area contributed by atoms with E-state index in [-0.39, 0.29) is 40.1 Å². The summed E-state index contributed by atoms with van der Waals surface area (Å²) in [6.07, 6.45) is -3.28. The second-order valence-corrected chi connectivity index (χ2v) is 7.74. The van der Waals surface area contributed by atoms with E-state index < -0.39 is 29.1 Å². The number of hydrogen-bond acceptors (Lipinski definition) is 7. The van der Waals surface area contributed by atoms with Gasteiger partial charge in [0.2, 0.25) is 11.2 Å². The lowest BCUT2D eigenvalue weighted by molar-refractivity contribution is -0.154. The van der Waals surface area contributed by atoms with Gasteiger partial charge in [-0.25, -0.2) is 4.79 Å². The number of carbonyl (C=O) groups excluding carboxylic acids is 1. The number of halogens is 3. The van der Waals surface area contributed by atoms with Crippen molar-refractivity contribution in [3.05, 3.63) is 63.5 Å². The van der Waals surface area contributed by atoms with Gasteiger partial charge in [-0.15, -0.1) is 0 Å². The van der Waals surface area contributed by atoms with Crippen molar-refractivity contribution in [1.82, 2.24) is 4.90 Å². The van der Waals surface area contributed by atoms with Crippen molar-refractivity contribution in [2.24, 2.45) is 0 Å². The summed E-state index contributed by atoms with van der Waals surface area (Å²) in [7, 11) is 2.95. The average Bonchev–Trinajstić information content (AvgIpc) is 2.80. The molecule has 3 rings (SSSR count). The van der Waals surface area contributed by atoms with Crippen LogP contribution in [0.4, 0.5) is 13.2 Å². The van der Waals surface area contributed by atoms with Gasteiger partial charge in [0.15, 0.2) is 0 Å². The van der Waals surface area contributed by atoms with Crippen molar-refractivity contribution in [2.45, 2.75) is 32.5 Å². The Morgan fingerprint density at radius 3 is 2.41 bits per heavy atom. The molecular weight excluding hydrogens is 455 g/mol. The van der Waals surface area contributed by atoms with E-state index in [1.54, 1.807) is 7.05 Å². The SMILES string of the molecule is CCCCN(C)Cc1c(O)ccc2c(=O)c(Oc3ccc(C(=O)OC)cc3)c(C(F)(F)F)oc12. The normalized spacial score (nSPS) is 11.7. The summed E-state index contributed by atoms with van der Waals surface area (Å²) in [4.78, 5) is 26.5. The highest BCUT2D eigenvalue weighted by Gasteiger charge is 2.41. The lowest BCUT2D eigenvalue weighted by atomic mass is 10.1. The van der Waals surface area contributed by atoms with Gasteiger partial charge in [-0.2, -0.15) is 13.2 Å². The Kier molecular flexibility index (Phi) is 7.51. The standard InChI is InChI=1S/C24H24F3NO6/c1-4-5-12-28(2)13-17-18(29)11-10-16-19(30)21(22(24(25,26)27)34-20(16)17)33-15-8-6-14(7-9-15)23(31)32-3/h6-11,29H,4-5,12-13H2,1-3H3. The van der Waals surface area contributed by atoms with Gasteiger partial charge in [-0.3, -0.25) is 4.79 Å². The third-order valence-corrected chi connectivity index (χ3v) is 5.17. The number of aromatic hydroxyl groups is 1. The van der Waals surface area contributed by atoms with E-state index >= 15 is 0 Å². The van der Waals surface area contributed by atoms with Crippen molar-refractivity contribution < 1.29 is 37.0 Å². The Morgan fingerprint density at radius 2 is 1.82 bits per heavy atom. The van der Waals surface area contributed by atoms with Gasteiger partial charge in [-0.1, -0.05) is 13.3 Å². The number of benzene rings is 2. The molecule has 1 aromatic heterocycles. The fourth-order valence-corrected chi connectivity index (χ4v) is 3.39. The number of fused-ring (bicyclic) bond motifs is 1. The first-order valence-electron chi connectivity index (χ1n) is 10.5. The second kappa shape index (κ2) is 10.2. The van der Waals surface area contributed by atoms with Crippen molar-refractivity contribution >= 4 is 16.9 Å². The maximum absolute atomic E-state index is 13.9. The molecule has 10 heteroatoms. The summed E-state index contributed by atoms with van der Waals surface area (Å²) in [5.74, 6) is -3.68. The third-order valence-electron chi connectivity index (χ3n) is 5.17. The quantitative estimate of drug-likeness (QED) is 0.437. The largest absolute Gasteiger partial charge is 0.507 e. The van der Waals surface area contributed by atoms with Crippen LogP contribution in [0.25, 0.3) is 11.0 Å². The number of esters is 1. The Bertz CT molecular complexity index is 1230. The van der Waals surface area contributed by atoms with E-state index in [0.717, 1.165) is 12.8 Å². The topological polar surface area (TPSA) is 89.2 Å². The Hall–Kier alpha value is -3.53. The summed E-state index contributed by atoms with van der Waals surface area (Å²) < 4.78 is 56.7. The molecule has 1 heterocycles. The maximum Gasteiger partial charge on any atom is 0.453 e. The molecule has 3 aromatic rings. The van der Waals surface area contributed by atoms with E-state index in [1.807, 2.05) is 11.8 Å². The molecular formula is C24H24F3NO6. The predicted octanol–water partition coefficient (Wildman–Crippen LogP) is 5.33. The molecule has 0 aliphatic heterocycles. The number of unbranched alkanes of at least 4 members (excludes halogenated alkanes) is 1. The van der Waals surface area contributed by atoms with E-state index in [2.05, 4.69) is 4.74 Å². The highest BCUT2D eigenvalue weighted by atomic mass is 19.4. The summed E-state index contributed by atoms with van der Waals surface area (Å²) in [5.41, 5.74) is -1.16. The Balaban J connectivity index is 2.12. The number of alkyl halides is 3. The molecule has 0 aliphatic rings. The number of ether oxygens (including phenoxy) is 2. The molecule has 0 saturated heterocycles. The second-order valence-electron chi connectivity index (χ2n) is 7.74. The molecule has 0 aliphatic carbocycles. The minimum Gasteiger partial charge on any atom is -0.507 e. The fraction of sp³-hybridized carbons (Fsp3) is 0.333. The molecule has 0 amide bonds. The minimum absolute atomic E-state index is 0.0766. The van der Waals surface area contributed by atoms with Gasteiger partial charge in [0.25, 0.3) is 5.76 Å². The predicted molar refractivity (Wildman–Crippen MR) is 118 cm³/mol. The van der Waals surface area contributed by atoms with Crippen LogP contribution in [0.2, 0.25) is 0 Å². The summed E-state index contributed by atoms with van der Waals surface area (Å²) in [6.45, 7) is 2.73. The molecule has 0 fully saturated rings. The highest BCUT2D eigenvalue weighted by Crippen LogP contribution is 2.40. The molecule has 1 N–H and O–H groups in total. The molecule has 0 bridgehead atoms. The molecule has 0 atom stereocenters. The van der Waals surface area contributed by atoms with E-state index in [0.29, 0.717) is 6.54 Å². The molecule has 182 valence electrons. The zero-order valence-corrected chi connectivity index (χ0v) is 18.9. The smallest absolute Gasteiger partial charge is 0.453 e. The lowest BCUT2D eigenvalue weighted by Gasteiger charge is -2.19. The highest BCUT2D eigenvalue weighted by molar-refractivity contribution is 5.89. The van der Waals surface area contributed by atoms with Crippen molar-refractivity contribution in [3.63, 3.8) is 0 Å². The van der Waals surface area contributed by atoms with Crippen LogP contribution in [-0.2, 0) is 17.5 Å². The molecule has 0 unspecified atom stereocenters. The van der Waals surface area contributed by atoms with Crippen LogP contribution in [0, 0.1) is 0 Å². The number of phenolic OH excluding ortho intramolecular Hbond substituents is 1. The monoisotopic (exact) mass is 479 g/mol. The lowest BCUT2D eigenvalue weighted by Crippen LogP contribution is -2.20. The van der Waals surface area contributed by atoms with E-state index in [4.69, 9.17) is 9.15 Å². The summed E-state index contributed by atoms with van der Waals surface area (Å²) in [5, 5.41) is 10.2. The van der Waals surface area contributed by atoms with Gasteiger partial charge in [0, 0.05) is 6.54 Å². The molecule has 7 nitrogen and oxygen atoms in total. The number of methoxy groups -OCH3 is 1. The van der Waals surface area contributed by atoms with Crippen LogP contribution in [0.5, 0.6) is 17.2 Å². The minimum atomic E-state index is -5.05. The number of hydrogen-bond donors (Lipinski definition) is 1. The van der Waals surface area contributed by atoms with Gasteiger partial charge in [-0.05, 0) is 56.4 Å². The van der Waals surface area contributed by atoms with Gasteiger partial charge < -0.3 is 23.9 Å². The number of nitrogens with zero attached hydrogens (tertiary/aromatic N) is 1. The van der Waals surface area contributed by atoms with Gasteiger partial charge in [0.1, 0.15) is 17.1 Å². The van der Waals surface area contributed by atoms with Crippen molar-refractivity contribution in [1.29, 1.82) is 0 Å². The number of rotatable bonds is 8. The van der Waals surface area contributed by atoms with Crippen LogP contribution in [0.3, 0.4) is 0 Å². The third kappa shape index (κ3) is 5.33. The van der Waals surface area contributed by atoms with Crippen LogP contribution in [0.15, 0.2) is 45.6 Å². The maximum atomic E-state index is 13.9. The molecule has 0 radical (unpaired) electrons. The molecule has 2 aromatic carbocycles. The first kappa shape index (κ1) is 25.1. The van der Waals surface area contributed by atoms with E-state index in [9.17, 15) is 27.9 Å². The molecule has 0 saturated carbocycles. The number of carbonyl (C=O) groups is 1. The van der Waals surface area contributed by atoms with Crippen LogP contribution in [0.1, 0.15) is 41.4 Å². The Morgan fingerprint density at radius 1 is 1.15 bits per heavy atom.